The molecule has 0 aromatic carbocycles. The van der Waals surface area contributed by atoms with Gasteiger partial charge in [-0.1, -0.05) is 0 Å². The minimum atomic E-state index is -5.51. The average molecular weight is 424 g/mol. The molecule has 1 rings (SSSR count). The molecule has 0 amide bonds. The average Bonchev–Trinajstić information content (AvgIpc) is 2.35. The van der Waals surface area contributed by atoms with E-state index >= 15 is 0 Å². The molecule has 25 heavy (non-hydrogen) atoms. The Labute approximate surface area is 139 Å². The van der Waals surface area contributed by atoms with Crippen LogP contribution in [0.4, 0.5) is 0 Å². The maximum Gasteiger partial charge on any atom is 0.488 e. The molecule has 0 fully saturated rings. The third-order valence-electron chi connectivity index (χ3n) is 2.36. The first-order valence-electron chi connectivity index (χ1n) is 6.22. The molecule has 1 aromatic rings. The molecule has 0 spiro atoms. The molecule has 0 bridgehead atoms. The molecule has 2 atom stereocenters. The molecule has 0 saturated carbocycles. The second kappa shape index (κ2) is 8.19. The Morgan fingerprint density at radius 3 is 2.28 bits per heavy atom. The molecule has 2 unspecified atom stereocenters. The van der Waals surface area contributed by atoms with E-state index in [1.165, 1.54) is 13.1 Å². The summed E-state index contributed by atoms with van der Waals surface area (Å²) in [6, 6.07) is 0. The van der Waals surface area contributed by atoms with Crippen LogP contribution in [0.25, 0.3) is 0 Å². The van der Waals surface area contributed by atoms with Gasteiger partial charge in [0, 0.05) is 11.8 Å². The maximum atomic E-state index is 11.5. The standard InChI is InChI=1S/C8H15N2O12P3/c1-6-4-10(8(12)9-7(6)11)2-3-20-5-23(13,14)21-25(18,19)22-24(15,16)17/h4H,2-3,5H2,1H3,(H,13,14)(H,18,19)(H,9,11,12)(H2,15,16,17). The summed E-state index contributed by atoms with van der Waals surface area (Å²) in [6.45, 7) is 0.992. The number of nitrogens with one attached hydrogen (secondary N) is 1. The molecule has 1 aromatic heterocycles. The fraction of sp³-hybridized carbons (Fsp3) is 0.500. The van der Waals surface area contributed by atoms with Crippen molar-refractivity contribution in [2.45, 2.75) is 13.5 Å². The predicted molar refractivity (Wildman–Crippen MR) is 80.7 cm³/mol. The van der Waals surface area contributed by atoms with Gasteiger partial charge in [-0.2, -0.15) is 4.31 Å². The number of aromatic nitrogens is 2. The maximum absolute atomic E-state index is 11.5. The van der Waals surface area contributed by atoms with Gasteiger partial charge in [-0.25, -0.2) is 18.2 Å². The van der Waals surface area contributed by atoms with E-state index in [1.54, 1.807) is 0 Å². The molecule has 5 N–H and O–H groups in total. The third-order valence-corrected chi connectivity index (χ3v) is 6.39. The first kappa shape index (κ1) is 22.1. The zero-order chi connectivity index (χ0) is 19.5. The normalized spacial score (nSPS) is 17.0. The van der Waals surface area contributed by atoms with Crippen LogP contribution in [-0.2, 0) is 33.6 Å². The fourth-order valence-electron chi connectivity index (χ4n) is 1.46. The van der Waals surface area contributed by atoms with E-state index in [-0.39, 0.29) is 18.7 Å². The third kappa shape index (κ3) is 8.34. The fourth-order valence-corrected chi connectivity index (χ4v) is 4.76. The van der Waals surface area contributed by atoms with Crippen LogP contribution in [0.2, 0.25) is 0 Å². The molecular formula is C8H15N2O12P3. The zero-order valence-electron chi connectivity index (χ0n) is 12.5. The topological polar surface area (TPSA) is 215 Å². The van der Waals surface area contributed by atoms with E-state index in [0.717, 1.165) is 4.57 Å². The highest BCUT2D eigenvalue weighted by Crippen LogP contribution is 2.65. The highest BCUT2D eigenvalue weighted by atomic mass is 31.3. The van der Waals surface area contributed by atoms with Gasteiger partial charge >= 0.3 is 28.9 Å². The van der Waals surface area contributed by atoms with Crippen molar-refractivity contribution in [3.8, 4) is 0 Å². The van der Waals surface area contributed by atoms with E-state index in [0.29, 0.717) is 0 Å². The number of H-pyrrole nitrogens is 1. The molecule has 0 aliphatic heterocycles. The second-order valence-corrected chi connectivity index (χ2v) is 9.32. The molecule has 14 nitrogen and oxygen atoms in total. The van der Waals surface area contributed by atoms with Gasteiger partial charge < -0.3 is 24.3 Å². The lowest BCUT2D eigenvalue weighted by atomic mass is 10.4. The number of aromatic amines is 1. The molecule has 0 saturated heterocycles. The lowest BCUT2D eigenvalue weighted by Gasteiger charge is -2.16. The predicted octanol–water partition coefficient (Wildman–Crippen LogP) is -0.769. The van der Waals surface area contributed by atoms with Crippen molar-refractivity contribution in [2.24, 2.45) is 0 Å². The lowest BCUT2D eigenvalue weighted by Crippen LogP contribution is -2.31. The summed E-state index contributed by atoms with van der Waals surface area (Å²) < 4.78 is 46.0. The van der Waals surface area contributed by atoms with Gasteiger partial charge in [-0.15, -0.1) is 0 Å². The van der Waals surface area contributed by atoms with Crippen molar-refractivity contribution in [1.82, 2.24) is 9.55 Å². The summed E-state index contributed by atoms with van der Waals surface area (Å²) >= 11 is 0. The molecule has 144 valence electrons. The van der Waals surface area contributed by atoms with Gasteiger partial charge in [-0.05, 0) is 6.92 Å². The first-order chi connectivity index (χ1) is 11.2. The number of hydrogen-bond acceptors (Lipinski definition) is 8. The van der Waals surface area contributed by atoms with Crippen molar-refractivity contribution in [1.29, 1.82) is 0 Å². The minimum absolute atomic E-state index is 0.133. The molecule has 0 aliphatic rings. The molecule has 0 aliphatic carbocycles. The Morgan fingerprint density at radius 1 is 1.12 bits per heavy atom. The number of phosphoric acid groups is 2. The second-order valence-electron chi connectivity index (χ2n) is 4.56. The van der Waals surface area contributed by atoms with Gasteiger partial charge in [0.15, 0.2) is 0 Å². The largest absolute Gasteiger partial charge is 0.488 e. The van der Waals surface area contributed by atoms with Crippen molar-refractivity contribution in [2.75, 3.05) is 13.0 Å². The van der Waals surface area contributed by atoms with E-state index in [9.17, 15) is 28.2 Å². The van der Waals surface area contributed by atoms with E-state index in [2.05, 4.69) is 8.62 Å². The Bertz CT molecular complexity index is 868. The van der Waals surface area contributed by atoms with Crippen LogP contribution in [0.3, 0.4) is 0 Å². The van der Waals surface area contributed by atoms with Gasteiger partial charge in [0.25, 0.3) is 5.56 Å². The van der Waals surface area contributed by atoms with Crippen LogP contribution in [0.1, 0.15) is 5.56 Å². The monoisotopic (exact) mass is 424 g/mol. The Balaban J connectivity index is 2.58. The van der Waals surface area contributed by atoms with Crippen LogP contribution in [0.15, 0.2) is 15.8 Å². The summed E-state index contributed by atoms with van der Waals surface area (Å²) in [5, 5.41) is 0. The summed E-state index contributed by atoms with van der Waals surface area (Å²) in [7, 11) is -15.9. The number of ether oxygens (including phenoxy) is 1. The van der Waals surface area contributed by atoms with Crippen molar-refractivity contribution >= 4 is 23.2 Å². The van der Waals surface area contributed by atoms with Crippen molar-refractivity contribution < 1.29 is 46.6 Å². The van der Waals surface area contributed by atoms with E-state index in [1.807, 2.05) is 4.98 Å². The lowest BCUT2D eigenvalue weighted by molar-refractivity contribution is 0.144. The summed E-state index contributed by atoms with van der Waals surface area (Å²) in [4.78, 5) is 59.7. The Hall–Kier alpha value is -0.910. The van der Waals surface area contributed by atoms with Crippen LogP contribution < -0.4 is 11.2 Å². The summed E-state index contributed by atoms with van der Waals surface area (Å²) in [6.07, 6.45) is 0.106. The van der Waals surface area contributed by atoms with Crippen molar-refractivity contribution in [3.05, 3.63) is 32.6 Å². The van der Waals surface area contributed by atoms with Gasteiger partial charge in [0.05, 0.1) is 13.2 Å². The van der Waals surface area contributed by atoms with Crippen molar-refractivity contribution in [3.63, 3.8) is 0 Å². The Kier molecular flexibility index (Phi) is 7.25. The number of rotatable bonds is 9. The summed E-state index contributed by atoms with van der Waals surface area (Å²) in [5.41, 5.74) is -1.07. The Morgan fingerprint density at radius 2 is 1.72 bits per heavy atom. The molecule has 17 heteroatoms. The molecule has 0 radical (unpaired) electrons. The van der Waals surface area contributed by atoms with Crippen LogP contribution in [-0.4, -0.2) is 42.1 Å². The summed E-state index contributed by atoms with van der Waals surface area (Å²) in [5.74, 6) is 0. The minimum Gasteiger partial charge on any atom is -0.367 e. The highest BCUT2D eigenvalue weighted by Gasteiger charge is 2.39. The van der Waals surface area contributed by atoms with Gasteiger partial charge in [-0.3, -0.25) is 18.9 Å². The van der Waals surface area contributed by atoms with Crippen LogP contribution >= 0.6 is 23.2 Å². The van der Waals surface area contributed by atoms with E-state index in [4.69, 9.17) is 19.4 Å². The van der Waals surface area contributed by atoms with Crippen LogP contribution in [0, 0.1) is 6.92 Å². The van der Waals surface area contributed by atoms with E-state index < -0.39 is 40.8 Å². The SMILES string of the molecule is Cc1cn(CCOCP(=O)(O)OP(=O)(O)OP(=O)(O)O)c(=O)[nH]c1=O. The van der Waals surface area contributed by atoms with Gasteiger partial charge in [0.1, 0.15) is 6.35 Å². The number of aryl methyl sites for hydroxylation is 1. The molecular weight excluding hydrogens is 409 g/mol. The van der Waals surface area contributed by atoms with Gasteiger partial charge in [0.2, 0.25) is 0 Å². The number of nitrogens with zero attached hydrogens (tertiary/aromatic N) is 1. The quantitative estimate of drug-likeness (QED) is 0.244. The zero-order valence-corrected chi connectivity index (χ0v) is 15.2. The first-order valence-corrected chi connectivity index (χ1v) is 11.0. The molecule has 1 heterocycles. The smallest absolute Gasteiger partial charge is 0.367 e. The highest BCUT2D eigenvalue weighted by molar-refractivity contribution is 7.68. The number of hydrogen-bond donors (Lipinski definition) is 5. The van der Waals surface area contributed by atoms with Crippen LogP contribution in [0.5, 0.6) is 0 Å².